The summed E-state index contributed by atoms with van der Waals surface area (Å²) in [5, 5.41) is 7.76. The first-order valence-corrected chi connectivity index (χ1v) is 25.9. The molecule has 11 heterocycles. The fourth-order valence-corrected chi connectivity index (χ4v) is 8.07. The van der Waals surface area contributed by atoms with Crippen molar-refractivity contribution in [1.29, 1.82) is 0 Å². The normalized spacial score (nSPS) is 10.0. The van der Waals surface area contributed by atoms with Crippen LogP contribution in [0.15, 0.2) is 232 Å². The molecule has 20 heteroatoms. The number of methoxy groups -OCH3 is 1. The van der Waals surface area contributed by atoms with Crippen molar-refractivity contribution in [2.75, 3.05) is 41.5 Å². The van der Waals surface area contributed by atoms with E-state index in [9.17, 15) is 4.79 Å². The van der Waals surface area contributed by atoms with Crippen molar-refractivity contribution in [3.8, 4) is 72.6 Å². The quantitative estimate of drug-likeness (QED) is 0.0779. The molecule has 0 aliphatic rings. The Kier molecular flexibility index (Phi) is 21.8. The van der Waals surface area contributed by atoms with Crippen LogP contribution in [-0.4, -0.2) is 67.1 Å². The Bertz CT molecular complexity index is 3740. The second-order valence-electron chi connectivity index (χ2n) is 18.1. The minimum Gasteiger partial charge on any atom is -0.481 e. The molecule has 11 aromatic heterocycles. The van der Waals surface area contributed by atoms with Crippen molar-refractivity contribution in [2.24, 2.45) is 0 Å². The molecule has 0 aliphatic carbocycles. The number of nitrogen functional groups attached to an aromatic ring is 6. The average molecular weight is 1120 g/mol. The van der Waals surface area contributed by atoms with E-state index in [1.165, 1.54) is 17.3 Å². The third-order valence-corrected chi connectivity index (χ3v) is 12.4. The van der Waals surface area contributed by atoms with Gasteiger partial charge in [-0.05, 0) is 110 Å². The predicted molar refractivity (Wildman–Crippen MR) is 335 cm³/mol. The van der Waals surface area contributed by atoms with Crippen LogP contribution in [-0.2, 0) is 0 Å². The smallest absolute Gasteiger partial charge is 0.255 e. The first-order valence-electron chi connectivity index (χ1n) is 25.9. The molecule has 0 fully saturated rings. The number of nitrogens with zero attached hydrogens (tertiary/aromatic N) is 11. The van der Waals surface area contributed by atoms with E-state index < -0.39 is 0 Å². The van der Waals surface area contributed by atoms with Crippen LogP contribution >= 0.6 is 0 Å². The third-order valence-electron chi connectivity index (χ3n) is 12.4. The van der Waals surface area contributed by atoms with Crippen LogP contribution in [0.5, 0.6) is 5.88 Å². The van der Waals surface area contributed by atoms with Crippen LogP contribution in [0.3, 0.4) is 0 Å². The molecule has 1 aromatic carbocycles. The number of pyridine rings is 10. The molecule has 20 nitrogen and oxygen atoms in total. The van der Waals surface area contributed by atoms with Crippen LogP contribution in [0.2, 0.25) is 0 Å². The summed E-state index contributed by atoms with van der Waals surface area (Å²) in [5.41, 5.74) is 53.1. The van der Waals surface area contributed by atoms with Gasteiger partial charge < -0.3 is 44.1 Å². The van der Waals surface area contributed by atoms with Crippen molar-refractivity contribution in [3.05, 3.63) is 254 Å². The highest BCUT2D eigenvalue weighted by molar-refractivity contribution is 5.80. The Morgan fingerprint density at radius 3 is 1.24 bits per heavy atom. The number of nitrogens with two attached hydrogens (primary N) is 6. The molecule has 0 spiro atoms. The number of benzene rings is 1. The molecule has 420 valence electrons. The number of hydrogen-bond donors (Lipinski definition) is 7. The third kappa shape index (κ3) is 16.6. The van der Waals surface area contributed by atoms with Gasteiger partial charge in [0.1, 0.15) is 0 Å². The average Bonchev–Trinajstić information content (AvgIpc) is 3.73. The molecule has 0 unspecified atom stereocenters. The Balaban J connectivity index is 0.000000145. The van der Waals surface area contributed by atoms with E-state index >= 15 is 0 Å². The number of nitrogens with one attached hydrogen (secondary N) is 1. The number of rotatable bonds is 7. The van der Waals surface area contributed by atoms with Crippen LogP contribution in [0.1, 0.15) is 16.8 Å². The van der Waals surface area contributed by atoms with E-state index in [0.29, 0.717) is 45.4 Å². The van der Waals surface area contributed by atoms with E-state index in [2.05, 4.69) is 79.1 Å². The van der Waals surface area contributed by atoms with Gasteiger partial charge in [0.05, 0.1) is 90.3 Å². The SMILES string of the molecule is COc1ccc(-c2ccncc2N)cn1.Cc1ccccc1-c1ccncc1N.Cc1ccncc1-c1ccncc1N.Cc1nnccc1-c1ccncc1N.Nc1cnccc1-c1ccc[nH]c1=O.Nc1cnccc1-c1cccnc1. The summed E-state index contributed by atoms with van der Waals surface area (Å²) in [7, 11) is 1.59. The standard InChI is InChI=1S/C12H12N2.C11H11N3O.C11H11N3.C10H10N4.C10H9N3O.C10H9N3/c1-9-4-2-3-5-10(9)11-6-7-14-8-12(11)13;1-15-11-3-2-8(6-14-11)9-4-5-13-7-10(9)12;1-8-2-4-13-6-10(8)9-3-5-14-7-11(9)12;1-7-8(3-5-13-14-7)9-2-4-12-6-10(9)11;11-9-6-12-5-3-7(9)8-2-1-4-13-10(8)14;11-10-7-13-5-3-9(10)8-2-1-4-12-6-8/h2-8H,13H2,1H3;2-7H,12H2,1H3;2-7H,12H2,1H3;2-6H,11H2,1H3;1-6H,11H2,(H,13,14);1-7H,11H2. The molecule has 12 rings (SSSR count). The lowest BCUT2D eigenvalue weighted by molar-refractivity contribution is 0.398. The van der Waals surface area contributed by atoms with E-state index in [-0.39, 0.29) is 5.56 Å². The highest BCUT2D eigenvalue weighted by Crippen LogP contribution is 2.30. The minimum absolute atomic E-state index is 0.148. The maximum absolute atomic E-state index is 11.4. The van der Waals surface area contributed by atoms with Crippen LogP contribution in [0.25, 0.3) is 66.8 Å². The second-order valence-corrected chi connectivity index (χ2v) is 18.1. The van der Waals surface area contributed by atoms with Crippen LogP contribution < -0.4 is 44.7 Å². The van der Waals surface area contributed by atoms with Gasteiger partial charge in [-0.1, -0.05) is 30.3 Å². The number of aromatic amines is 1. The molecule has 0 aliphatic heterocycles. The molecule has 0 bridgehead atoms. The summed E-state index contributed by atoms with van der Waals surface area (Å²) in [6, 6.07) is 34.3. The summed E-state index contributed by atoms with van der Waals surface area (Å²) in [6.45, 7) is 6.02. The van der Waals surface area contributed by atoms with Gasteiger partial charge in [-0.2, -0.15) is 10.2 Å². The predicted octanol–water partition coefficient (Wildman–Crippen LogP) is 10.6. The molecular formula is C64H62N18O2. The van der Waals surface area contributed by atoms with Gasteiger partial charge in [0.2, 0.25) is 5.88 Å². The van der Waals surface area contributed by atoms with Gasteiger partial charge in [-0.25, -0.2) is 4.98 Å². The molecule has 0 saturated carbocycles. The van der Waals surface area contributed by atoms with Gasteiger partial charge in [-0.15, -0.1) is 0 Å². The van der Waals surface area contributed by atoms with Crippen molar-refractivity contribution < 1.29 is 4.74 Å². The van der Waals surface area contributed by atoms with Gasteiger partial charge >= 0.3 is 0 Å². The zero-order chi connectivity index (χ0) is 59.6. The van der Waals surface area contributed by atoms with Gasteiger partial charge in [-0.3, -0.25) is 44.7 Å². The monoisotopic (exact) mass is 1110 g/mol. The van der Waals surface area contributed by atoms with Crippen LogP contribution in [0.4, 0.5) is 34.1 Å². The molecular weight excluding hydrogens is 1050 g/mol. The van der Waals surface area contributed by atoms with E-state index in [0.717, 1.165) is 67.0 Å². The summed E-state index contributed by atoms with van der Waals surface area (Å²) >= 11 is 0. The molecule has 13 N–H and O–H groups in total. The molecule has 0 radical (unpaired) electrons. The summed E-state index contributed by atoms with van der Waals surface area (Å²) < 4.78 is 4.98. The maximum atomic E-state index is 11.4. The highest BCUT2D eigenvalue weighted by atomic mass is 16.5. The molecule has 0 atom stereocenters. The number of ether oxygens (including phenoxy) is 1. The van der Waals surface area contributed by atoms with Crippen LogP contribution in [0, 0.1) is 20.8 Å². The van der Waals surface area contributed by atoms with E-state index in [1.54, 1.807) is 137 Å². The minimum atomic E-state index is -0.148. The van der Waals surface area contributed by atoms with Crippen molar-refractivity contribution in [2.45, 2.75) is 20.8 Å². The van der Waals surface area contributed by atoms with Gasteiger partial charge in [0, 0.05) is 142 Å². The number of aromatic nitrogens is 12. The Labute approximate surface area is 485 Å². The van der Waals surface area contributed by atoms with Crippen molar-refractivity contribution in [3.63, 3.8) is 0 Å². The van der Waals surface area contributed by atoms with E-state index in [4.69, 9.17) is 39.1 Å². The summed E-state index contributed by atoms with van der Waals surface area (Å²) in [5.74, 6) is 0.589. The fraction of sp³-hybridized carbons (Fsp3) is 0.0625. The van der Waals surface area contributed by atoms with Crippen molar-refractivity contribution in [1.82, 2.24) is 60.0 Å². The number of H-pyrrole nitrogens is 1. The lowest BCUT2D eigenvalue weighted by Crippen LogP contribution is -2.08. The first-order chi connectivity index (χ1) is 40.8. The largest absolute Gasteiger partial charge is 0.481 e. The molecule has 0 amide bonds. The van der Waals surface area contributed by atoms with Crippen molar-refractivity contribution >= 4 is 34.1 Å². The Morgan fingerprint density at radius 2 is 0.786 bits per heavy atom. The Morgan fingerprint density at radius 1 is 0.357 bits per heavy atom. The summed E-state index contributed by atoms with van der Waals surface area (Å²) in [4.78, 5) is 49.9. The molecule has 0 saturated heterocycles. The topological polar surface area (TPSA) is 340 Å². The molecule has 12 aromatic rings. The lowest BCUT2D eigenvalue weighted by atomic mass is 10.0. The summed E-state index contributed by atoms with van der Waals surface area (Å²) in [6.07, 6.45) is 32.1. The molecule has 84 heavy (non-hydrogen) atoms. The first kappa shape index (κ1) is 59.9. The zero-order valence-electron chi connectivity index (χ0n) is 46.6. The zero-order valence-corrected chi connectivity index (χ0v) is 46.6. The maximum Gasteiger partial charge on any atom is 0.255 e. The number of hydrogen-bond acceptors (Lipinski definition) is 19. The number of anilines is 6. The van der Waals surface area contributed by atoms with E-state index in [1.807, 2.05) is 92.8 Å². The lowest BCUT2D eigenvalue weighted by Gasteiger charge is -2.07. The van der Waals surface area contributed by atoms with Gasteiger partial charge in [0.25, 0.3) is 5.56 Å². The number of aryl methyl sites for hydroxylation is 3. The fourth-order valence-electron chi connectivity index (χ4n) is 8.07. The second kappa shape index (κ2) is 30.5. The highest BCUT2D eigenvalue weighted by Gasteiger charge is 2.09. The van der Waals surface area contributed by atoms with Gasteiger partial charge in [0.15, 0.2) is 0 Å². The Hall–Kier alpha value is -11.8.